The summed E-state index contributed by atoms with van der Waals surface area (Å²) in [5.41, 5.74) is 0.315. The van der Waals surface area contributed by atoms with Crippen molar-refractivity contribution in [1.29, 1.82) is 0 Å². The van der Waals surface area contributed by atoms with Crippen LogP contribution in [0.25, 0.3) is 11.1 Å². The Morgan fingerprint density at radius 1 is 1.48 bits per heavy atom. The second-order valence-corrected chi connectivity index (χ2v) is 6.98. The van der Waals surface area contributed by atoms with Crippen LogP contribution in [0.2, 0.25) is 0 Å². The van der Waals surface area contributed by atoms with E-state index in [4.69, 9.17) is 9.15 Å². The maximum atomic E-state index is 12.1. The number of rotatable bonds is 3. The van der Waals surface area contributed by atoms with Gasteiger partial charge >= 0.3 is 6.09 Å². The zero-order chi connectivity index (χ0) is 18.2. The highest BCUT2D eigenvalue weighted by Gasteiger charge is 2.30. The summed E-state index contributed by atoms with van der Waals surface area (Å²) in [4.78, 5) is 28.3. The number of fused-ring (bicyclic) bond motifs is 1. The van der Waals surface area contributed by atoms with E-state index in [1.54, 1.807) is 4.90 Å². The van der Waals surface area contributed by atoms with Gasteiger partial charge in [0, 0.05) is 31.3 Å². The second kappa shape index (κ2) is 6.23. The number of non-ortho nitro benzene ring substituents is 1. The maximum Gasteiger partial charge on any atom is 0.410 e. The summed E-state index contributed by atoms with van der Waals surface area (Å²) in [6.07, 6.45) is 0.392. The fourth-order valence-electron chi connectivity index (χ4n) is 2.64. The molecular formula is C16H20N4O5. The van der Waals surface area contributed by atoms with E-state index in [0.717, 1.165) is 6.42 Å². The molecule has 1 aliphatic heterocycles. The molecule has 1 aliphatic rings. The smallest absolute Gasteiger partial charge is 0.410 e. The number of aromatic nitrogens is 1. The van der Waals surface area contributed by atoms with Gasteiger partial charge in [-0.15, -0.1) is 0 Å². The van der Waals surface area contributed by atoms with Gasteiger partial charge in [-0.25, -0.2) is 4.79 Å². The number of nitro groups is 1. The Labute approximate surface area is 144 Å². The summed E-state index contributed by atoms with van der Waals surface area (Å²) >= 11 is 0. The van der Waals surface area contributed by atoms with Crippen molar-refractivity contribution < 1.29 is 18.9 Å². The van der Waals surface area contributed by atoms with Crippen LogP contribution in [0.3, 0.4) is 0 Å². The Hall–Kier alpha value is -2.84. The van der Waals surface area contributed by atoms with E-state index in [1.165, 1.54) is 18.2 Å². The van der Waals surface area contributed by atoms with Crippen molar-refractivity contribution in [2.75, 3.05) is 18.4 Å². The molecule has 2 aromatic rings. The van der Waals surface area contributed by atoms with Crippen molar-refractivity contribution in [2.45, 2.75) is 38.8 Å². The number of hydrogen-bond donors (Lipinski definition) is 1. The molecule has 0 radical (unpaired) electrons. The number of likely N-dealkylation sites (tertiary alicyclic amines) is 1. The maximum absolute atomic E-state index is 12.1. The van der Waals surface area contributed by atoms with Gasteiger partial charge < -0.3 is 19.4 Å². The van der Waals surface area contributed by atoms with Crippen LogP contribution in [0.4, 0.5) is 16.5 Å². The minimum Gasteiger partial charge on any atom is -0.444 e. The summed E-state index contributed by atoms with van der Waals surface area (Å²) in [7, 11) is 0. The number of nitrogens with one attached hydrogen (secondary N) is 1. The number of nitro benzene ring substituents is 1. The lowest BCUT2D eigenvalue weighted by Crippen LogP contribution is -2.36. The van der Waals surface area contributed by atoms with Crippen LogP contribution in [0.1, 0.15) is 27.2 Å². The van der Waals surface area contributed by atoms with Crippen molar-refractivity contribution in [2.24, 2.45) is 0 Å². The number of hydrogen-bond acceptors (Lipinski definition) is 7. The quantitative estimate of drug-likeness (QED) is 0.670. The molecule has 1 aromatic carbocycles. The van der Waals surface area contributed by atoms with E-state index >= 15 is 0 Å². The Kier molecular flexibility index (Phi) is 4.23. The zero-order valence-corrected chi connectivity index (χ0v) is 14.3. The largest absolute Gasteiger partial charge is 0.444 e. The average molecular weight is 348 g/mol. The number of anilines is 1. The fourth-order valence-corrected chi connectivity index (χ4v) is 2.64. The topological polar surface area (TPSA) is 111 Å². The fraction of sp³-hybridized carbons (Fsp3) is 0.500. The van der Waals surface area contributed by atoms with E-state index < -0.39 is 10.5 Å². The van der Waals surface area contributed by atoms with Gasteiger partial charge in [-0.05, 0) is 33.3 Å². The second-order valence-electron chi connectivity index (χ2n) is 6.98. The monoisotopic (exact) mass is 348 g/mol. The van der Waals surface area contributed by atoms with Crippen LogP contribution in [-0.2, 0) is 4.74 Å². The van der Waals surface area contributed by atoms with Crippen LogP contribution >= 0.6 is 0 Å². The molecule has 25 heavy (non-hydrogen) atoms. The van der Waals surface area contributed by atoms with Gasteiger partial charge in [-0.3, -0.25) is 10.1 Å². The normalized spacial score (nSPS) is 17.7. The van der Waals surface area contributed by atoms with Crippen LogP contribution in [-0.4, -0.2) is 45.6 Å². The number of carbonyl (C=O) groups is 1. The molecular weight excluding hydrogens is 328 g/mol. The molecule has 0 saturated carbocycles. The predicted octanol–water partition coefficient (Wildman–Crippen LogP) is 3.16. The first kappa shape index (κ1) is 17.0. The summed E-state index contributed by atoms with van der Waals surface area (Å²) in [5, 5.41) is 13.9. The highest BCUT2D eigenvalue weighted by Crippen LogP contribution is 2.25. The molecule has 2 heterocycles. The molecule has 3 rings (SSSR count). The number of benzene rings is 1. The van der Waals surface area contributed by atoms with Gasteiger partial charge in [-0.1, -0.05) is 0 Å². The molecule has 9 nitrogen and oxygen atoms in total. The van der Waals surface area contributed by atoms with Crippen molar-refractivity contribution in [3.05, 3.63) is 28.3 Å². The highest BCUT2D eigenvalue weighted by atomic mass is 16.6. The first-order chi connectivity index (χ1) is 11.7. The van der Waals surface area contributed by atoms with Crippen molar-refractivity contribution in [3.63, 3.8) is 0 Å². The van der Waals surface area contributed by atoms with Crippen LogP contribution in [0.5, 0.6) is 0 Å². The number of carbonyl (C=O) groups excluding carboxylic acids is 1. The SMILES string of the molecule is CC(C)(C)OC(=O)N1CC[C@@H](Nc2nc3cc([N+](=O)[O-])ccc3o2)C1. The van der Waals surface area contributed by atoms with Gasteiger partial charge in [0.25, 0.3) is 11.7 Å². The lowest BCUT2D eigenvalue weighted by atomic mass is 10.2. The Bertz CT molecular complexity index is 810. The van der Waals surface area contributed by atoms with Gasteiger partial charge in [0.15, 0.2) is 5.58 Å². The third-order valence-corrected chi connectivity index (χ3v) is 3.75. The first-order valence-electron chi connectivity index (χ1n) is 8.01. The van der Waals surface area contributed by atoms with E-state index in [1.807, 2.05) is 20.8 Å². The van der Waals surface area contributed by atoms with E-state index in [2.05, 4.69) is 10.3 Å². The Morgan fingerprint density at radius 2 is 2.24 bits per heavy atom. The average Bonchev–Trinajstić information content (AvgIpc) is 3.11. The molecule has 0 aliphatic carbocycles. The van der Waals surface area contributed by atoms with Gasteiger partial charge in [0.2, 0.25) is 0 Å². The molecule has 9 heteroatoms. The lowest BCUT2D eigenvalue weighted by molar-refractivity contribution is -0.384. The number of nitrogens with zero attached hydrogens (tertiary/aromatic N) is 3. The molecule has 1 N–H and O–H groups in total. The minimum absolute atomic E-state index is 0.0180. The lowest BCUT2D eigenvalue weighted by Gasteiger charge is -2.24. The number of oxazole rings is 1. The van der Waals surface area contributed by atoms with Crippen molar-refractivity contribution in [1.82, 2.24) is 9.88 Å². The Balaban J connectivity index is 1.64. The first-order valence-corrected chi connectivity index (χ1v) is 8.01. The van der Waals surface area contributed by atoms with Gasteiger partial charge in [-0.2, -0.15) is 4.98 Å². The molecule has 1 aromatic heterocycles. The summed E-state index contributed by atoms with van der Waals surface area (Å²) < 4.78 is 10.9. The van der Waals surface area contributed by atoms with Gasteiger partial charge in [0.05, 0.1) is 4.92 Å². The van der Waals surface area contributed by atoms with E-state index in [-0.39, 0.29) is 23.8 Å². The molecule has 0 spiro atoms. The van der Waals surface area contributed by atoms with E-state index in [9.17, 15) is 14.9 Å². The summed E-state index contributed by atoms with van der Waals surface area (Å²) in [6.45, 7) is 6.54. The molecule has 1 fully saturated rings. The van der Waals surface area contributed by atoms with Crippen LogP contribution in [0.15, 0.2) is 22.6 Å². The number of amides is 1. The minimum atomic E-state index is -0.530. The summed E-state index contributed by atoms with van der Waals surface area (Å²) in [6, 6.07) is 4.53. The van der Waals surface area contributed by atoms with Crippen LogP contribution in [0, 0.1) is 10.1 Å². The zero-order valence-electron chi connectivity index (χ0n) is 14.3. The Morgan fingerprint density at radius 3 is 2.92 bits per heavy atom. The molecule has 134 valence electrons. The van der Waals surface area contributed by atoms with Gasteiger partial charge in [0.1, 0.15) is 11.1 Å². The third kappa shape index (κ3) is 3.98. The van der Waals surface area contributed by atoms with Crippen molar-refractivity contribution in [3.8, 4) is 0 Å². The molecule has 1 atom stereocenters. The number of ether oxygens (including phenoxy) is 1. The van der Waals surface area contributed by atoms with Crippen LogP contribution < -0.4 is 5.32 Å². The molecule has 0 bridgehead atoms. The third-order valence-electron chi connectivity index (χ3n) is 3.75. The molecule has 1 saturated heterocycles. The summed E-state index contributed by atoms with van der Waals surface area (Å²) in [5.74, 6) is 0. The standard InChI is InChI=1S/C16H20N4O5/c1-16(2,3)25-15(21)19-7-6-10(9-19)17-14-18-12-8-11(20(22)23)4-5-13(12)24-14/h4-5,8,10H,6-7,9H2,1-3H3,(H,17,18)/t10-/m1/s1. The van der Waals surface area contributed by atoms with E-state index in [0.29, 0.717) is 24.2 Å². The van der Waals surface area contributed by atoms with Crippen molar-refractivity contribution >= 4 is 28.9 Å². The predicted molar refractivity (Wildman–Crippen MR) is 90.5 cm³/mol. The highest BCUT2D eigenvalue weighted by molar-refractivity contribution is 5.77. The molecule has 1 amide bonds. The molecule has 0 unspecified atom stereocenters.